The van der Waals surface area contributed by atoms with Crippen molar-refractivity contribution in [1.82, 2.24) is 4.72 Å². The van der Waals surface area contributed by atoms with Crippen molar-refractivity contribution in [3.05, 3.63) is 59.0 Å². The average Bonchev–Trinajstić information content (AvgIpc) is 3.15. The second kappa shape index (κ2) is 8.27. The van der Waals surface area contributed by atoms with E-state index >= 15 is 0 Å². The summed E-state index contributed by atoms with van der Waals surface area (Å²) in [5, 5.41) is 13.2. The minimum Gasteiger partial charge on any atom is -0.495 e. The molecule has 1 atom stereocenters. The Kier molecular flexibility index (Phi) is 5.99. The SMILES string of the molecule is COC(=O)c1ccc(OC)c(S(=O)(=O)NCC(O)c2csc3ccccc23)c1. The summed E-state index contributed by atoms with van der Waals surface area (Å²) in [6.45, 7) is -0.228. The van der Waals surface area contributed by atoms with Crippen LogP contribution < -0.4 is 9.46 Å². The highest BCUT2D eigenvalue weighted by molar-refractivity contribution is 7.89. The van der Waals surface area contributed by atoms with Gasteiger partial charge in [-0.25, -0.2) is 17.9 Å². The molecule has 0 radical (unpaired) electrons. The average molecular weight is 421 g/mol. The van der Waals surface area contributed by atoms with Crippen LogP contribution in [0.4, 0.5) is 0 Å². The first-order valence-electron chi connectivity index (χ1n) is 8.27. The van der Waals surface area contributed by atoms with Crippen molar-refractivity contribution in [3.63, 3.8) is 0 Å². The number of methoxy groups -OCH3 is 2. The Bertz CT molecular complexity index is 1110. The molecule has 0 fully saturated rings. The van der Waals surface area contributed by atoms with E-state index in [0.29, 0.717) is 5.56 Å². The fourth-order valence-corrected chi connectivity index (χ4v) is 5.00. The van der Waals surface area contributed by atoms with Crippen LogP contribution in [-0.2, 0) is 14.8 Å². The topological polar surface area (TPSA) is 102 Å². The lowest BCUT2D eigenvalue weighted by molar-refractivity contribution is 0.0600. The van der Waals surface area contributed by atoms with Crippen LogP contribution in [0.5, 0.6) is 5.75 Å². The van der Waals surface area contributed by atoms with E-state index in [1.54, 1.807) is 0 Å². The van der Waals surface area contributed by atoms with Crippen LogP contribution >= 0.6 is 11.3 Å². The number of hydrogen-bond acceptors (Lipinski definition) is 7. The molecule has 2 N–H and O–H groups in total. The second-order valence-corrected chi connectivity index (χ2v) is 8.56. The van der Waals surface area contributed by atoms with Gasteiger partial charge in [0.1, 0.15) is 10.6 Å². The monoisotopic (exact) mass is 421 g/mol. The number of benzene rings is 2. The molecule has 1 heterocycles. The molecule has 7 nitrogen and oxygen atoms in total. The van der Waals surface area contributed by atoms with Crippen LogP contribution in [0.2, 0.25) is 0 Å². The predicted molar refractivity (Wildman–Crippen MR) is 106 cm³/mol. The Labute approximate surface area is 166 Å². The lowest BCUT2D eigenvalue weighted by atomic mass is 10.1. The Morgan fingerprint density at radius 2 is 1.96 bits per heavy atom. The molecule has 148 valence electrons. The van der Waals surface area contributed by atoms with E-state index < -0.39 is 22.1 Å². The molecule has 0 amide bonds. The van der Waals surface area contributed by atoms with Crippen LogP contribution in [0.3, 0.4) is 0 Å². The van der Waals surface area contributed by atoms with Gasteiger partial charge >= 0.3 is 5.97 Å². The fourth-order valence-electron chi connectivity index (χ4n) is 2.76. The van der Waals surface area contributed by atoms with E-state index in [2.05, 4.69) is 9.46 Å². The lowest BCUT2D eigenvalue weighted by Gasteiger charge is -2.14. The van der Waals surface area contributed by atoms with E-state index in [0.717, 1.165) is 10.1 Å². The van der Waals surface area contributed by atoms with Gasteiger partial charge in [0.15, 0.2) is 0 Å². The molecule has 1 aromatic heterocycles. The molecule has 2 aromatic carbocycles. The van der Waals surface area contributed by atoms with Crippen LogP contribution in [0.15, 0.2) is 52.7 Å². The largest absolute Gasteiger partial charge is 0.495 e. The summed E-state index contributed by atoms with van der Waals surface area (Å²) >= 11 is 1.48. The van der Waals surface area contributed by atoms with Gasteiger partial charge < -0.3 is 14.6 Å². The summed E-state index contributed by atoms with van der Waals surface area (Å²) in [5.74, 6) is -0.584. The molecule has 0 aliphatic carbocycles. The summed E-state index contributed by atoms with van der Waals surface area (Å²) < 4.78 is 38.6. The molecule has 1 unspecified atom stereocenters. The van der Waals surface area contributed by atoms with Crippen LogP contribution in [0.25, 0.3) is 10.1 Å². The third-order valence-electron chi connectivity index (χ3n) is 4.21. The number of hydrogen-bond donors (Lipinski definition) is 2. The number of ether oxygens (including phenoxy) is 2. The number of esters is 1. The number of nitrogens with one attached hydrogen (secondary N) is 1. The minimum absolute atomic E-state index is 0.0769. The molecule has 3 aromatic rings. The number of sulfonamides is 1. The maximum Gasteiger partial charge on any atom is 0.337 e. The highest BCUT2D eigenvalue weighted by Gasteiger charge is 2.24. The Balaban J connectivity index is 1.84. The number of aliphatic hydroxyl groups is 1. The molecule has 0 spiro atoms. The summed E-state index contributed by atoms with van der Waals surface area (Å²) in [5.41, 5.74) is 0.728. The number of thiophene rings is 1. The van der Waals surface area contributed by atoms with E-state index in [4.69, 9.17) is 4.74 Å². The van der Waals surface area contributed by atoms with E-state index in [1.807, 2.05) is 29.6 Å². The number of fused-ring (bicyclic) bond motifs is 1. The van der Waals surface area contributed by atoms with Gasteiger partial charge in [0.25, 0.3) is 0 Å². The molecule has 28 heavy (non-hydrogen) atoms. The molecule has 0 saturated heterocycles. The second-order valence-electron chi connectivity index (χ2n) is 5.91. The van der Waals surface area contributed by atoms with Crippen molar-refractivity contribution in [2.75, 3.05) is 20.8 Å². The predicted octanol–water partition coefficient (Wildman–Crippen LogP) is 2.71. The Morgan fingerprint density at radius 1 is 1.21 bits per heavy atom. The van der Waals surface area contributed by atoms with E-state index in [-0.39, 0.29) is 22.8 Å². The molecule has 9 heteroatoms. The first kappa shape index (κ1) is 20.3. The van der Waals surface area contributed by atoms with Gasteiger partial charge in [-0.1, -0.05) is 18.2 Å². The number of carbonyl (C=O) groups is 1. The smallest absolute Gasteiger partial charge is 0.337 e. The normalized spacial score (nSPS) is 12.7. The third-order valence-corrected chi connectivity index (χ3v) is 6.64. The standard InChI is InChI=1S/C19H19NO6S2/c1-25-16-8-7-12(19(22)26-2)9-18(16)28(23,24)20-10-15(21)14-11-27-17-6-4-3-5-13(14)17/h3-9,11,15,20-21H,10H2,1-2H3. The molecule has 0 aliphatic rings. The first-order valence-corrected chi connectivity index (χ1v) is 10.6. The molecular weight excluding hydrogens is 402 g/mol. The zero-order valence-electron chi connectivity index (χ0n) is 15.2. The lowest BCUT2D eigenvalue weighted by Crippen LogP contribution is -2.29. The van der Waals surface area contributed by atoms with Crippen molar-refractivity contribution in [3.8, 4) is 5.75 Å². The van der Waals surface area contributed by atoms with Gasteiger partial charge in [0.2, 0.25) is 10.0 Å². The zero-order valence-corrected chi connectivity index (χ0v) is 16.8. The zero-order chi connectivity index (χ0) is 20.3. The molecule has 0 bridgehead atoms. The first-order chi connectivity index (χ1) is 13.4. The number of aliphatic hydroxyl groups excluding tert-OH is 1. The quantitative estimate of drug-likeness (QED) is 0.569. The van der Waals surface area contributed by atoms with E-state index in [1.165, 1.54) is 43.8 Å². The van der Waals surface area contributed by atoms with Gasteiger partial charge in [0, 0.05) is 16.8 Å². The number of rotatable bonds is 7. The fraction of sp³-hybridized carbons (Fsp3) is 0.211. The van der Waals surface area contributed by atoms with Crippen LogP contribution in [-0.4, -0.2) is 40.3 Å². The highest BCUT2D eigenvalue weighted by Crippen LogP contribution is 2.30. The number of carbonyl (C=O) groups excluding carboxylic acids is 1. The maximum absolute atomic E-state index is 12.8. The van der Waals surface area contributed by atoms with Crippen LogP contribution in [0, 0.1) is 0 Å². The summed E-state index contributed by atoms with van der Waals surface area (Å²) in [7, 11) is -1.51. The van der Waals surface area contributed by atoms with Gasteiger partial charge in [-0.15, -0.1) is 11.3 Å². The Morgan fingerprint density at radius 3 is 2.68 bits per heavy atom. The summed E-state index contributed by atoms with van der Waals surface area (Å²) in [6, 6.07) is 11.5. The third kappa shape index (κ3) is 4.02. The maximum atomic E-state index is 12.8. The highest BCUT2D eigenvalue weighted by atomic mass is 32.2. The van der Waals surface area contributed by atoms with Gasteiger partial charge in [0.05, 0.1) is 25.9 Å². The van der Waals surface area contributed by atoms with Gasteiger partial charge in [-0.3, -0.25) is 0 Å². The minimum atomic E-state index is -4.05. The van der Waals surface area contributed by atoms with Crippen molar-refractivity contribution < 1.29 is 27.8 Å². The van der Waals surface area contributed by atoms with Gasteiger partial charge in [-0.05, 0) is 35.0 Å². The summed E-state index contributed by atoms with van der Waals surface area (Å²) in [6.07, 6.45) is -1.03. The Hall–Kier alpha value is -2.46. The van der Waals surface area contributed by atoms with Crippen molar-refractivity contribution in [2.24, 2.45) is 0 Å². The summed E-state index contributed by atoms with van der Waals surface area (Å²) in [4.78, 5) is 11.5. The van der Waals surface area contributed by atoms with Crippen molar-refractivity contribution >= 4 is 37.4 Å². The van der Waals surface area contributed by atoms with Crippen molar-refractivity contribution in [1.29, 1.82) is 0 Å². The molecule has 0 saturated carbocycles. The molecule has 3 rings (SSSR count). The van der Waals surface area contributed by atoms with E-state index in [9.17, 15) is 18.3 Å². The van der Waals surface area contributed by atoms with Crippen molar-refractivity contribution in [2.45, 2.75) is 11.0 Å². The molecular formula is C19H19NO6S2. The van der Waals surface area contributed by atoms with Crippen LogP contribution in [0.1, 0.15) is 22.0 Å². The van der Waals surface area contributed by atoms with Gasteiger partial charge in [-0.2, -0.15) is 0 Å². The molecule has 0 aliphatic heterocycles.